The molecule has 1 amide bonds. The normalized spacial score (nSPS) is 13.1. The first-order valence-corrected chi connectivity index (χ1v) is 12.3. The van der Waals surface area contributed by atoms with Crippen molar-refractivity contribution in [2.45, 2.75) is 38.6 Å². The van der Waals surface area contributed by atoms with Crippen molar-refractivity contribution in [3.05, 3.63) is 113 Å². The van der Waals surface area contributed by atoms with E-state index in [0.29, 0.717) is 13.0 Å². The van der Waals surface area contributed by atoms with Crippen molar-refractivity contribution in [3.8, 4) is 22.4 Å². The van der Waals surface area contributed by atoms with Crippen molar-refractivity contribution in [3.63, 3.8) is 0 Å². The molecule has 1 atom stereocenters. The summed E-state index contributed by atoms with van der Waals surface area (Å²) in [5.41, 5.74) is 9.39. The third-order valence-corrected chi connectivity index (χ3v) is 6.75. The van der Waals surface area contributed by atoms with E-state index in [1.807, 2.05) is 31.3 Å². The summed E-state index contributed by atoms with van der Waals surface area (Å²) in [4.78, 5) is 17.3. The number of nitrogens with one attached hydrogen (secondary N) is 1. The van der Waals surface area contributed by atoms with Crippen molar-refractivity contribution < 1.29 is 9.53 Å². The van der Waals surface area contributed by atoms with E-state index in [2.05, 4.69) is 84.0 Å². The maximum atomic E-state index is 12.6. The summed E-state index contributed by atoms with van der Waals surface area (Å²) in [5.74, 6) is 0.0613. The predicted molar refractivity (Wildman–Crippen MR) is 140 cm³/mol. The fraction of sp³-hybridized carbons (Fsp3) is 0.226. The first-order chi connectivity index (χ1) is 17.1. The number of alkyl carbamates (subject to hydrolysis) is 1. The Kier molecular flexibility index (Phi) is 6.62. The van der Waals surface area contributed by atoms with E-state index < -0.39 is 0 Å². The van der Waals surface area contributed by atoms with Gasteiger partial charge in [0.05, 0.1) is 5.69 Å². The van der Waals surface area contributed by atoms with E-state index in [-0.39, 0.29) is 18.1 Å². The summed E-state index contributed by atoms with van der Waals surface area (Å²) in [6.45, 7) is 4.46. The number of amides is 1. The SMILES string of the molecule is CCc1ccccc1-c1ccc(C[C@H](C)NC(=O)OCC2c3ccccc3-c3ccccc32)cn1. The van der Waals surface area contributed by atoms with Gasteiger partial charge in [-0.15, -0.1) is 0 Å². The lowest BCUT2D eigenvalue weighted by Crippen LogP contribution is -2.35. The molecule has 4 aromatic rings. The van der Waals surface area contributed by atoms with Gasteiger partial charge in [0.25, 0.3) is 0 Å². The van der Waals surface area contributed by atoms with Gasteiger partial charge in [0.2, 0.25) is 0 Å². The van der Waals surface area contributed by atoms with Gasteiger partial charge in [0.1, 0.15) is 6.61 Å². The number of ether oxygens (including phenoxy) is 1. The molecule has 0 saturated heterocycles. The molecule has 0 unspecified atom stereocenters. The van der Waals surface area contributed by atoms with Crippen LogP contribution in [0.2, 0.25) is 0 Å². The maximum Gasteiger partial charge on any atom is 0.407 e. The van der Waals surface area contributed by atoms with Crippen LogP contribution in [0, 0.1) is 0 Å². The van der Waals surface area contributed by atoms with Crippen LogP contribution in [0.3, 0.4) is 0 Å². The van der Waals surface area contributed by atoms with Gasteiger partial charge in [-0.25, -0.2) is 4.79 Å². The number of carbonyl (C=O) groups is 1. The van der Waals surface area contributed by atoms with Gasteiger partial charge in [-0.3, -0.25) is 4.98 Å². The number of nitrogens with zero attached hydrogens (tertiary/aromatic N) is 1. The first-order valence-electron chi connectivity index (χ1n) is 12.3. The largest absolute Gasteiger partial charge is 0.449 e. The number of fused-ring (bicyclic) bond motifs is 3. The van der Waals surface area contributed by atoms with Crippen LogP contribution >= 0.6 is 0 Å². The Hall–Kier alpha value is -3.92. The lowest BCUT2D eigenvalue weighted by Gasteiger charge is -2.17. The maximum absolute atomic E-state index is 12.6. The number of rotatable bonds is 7. The number of hydrogen-bond acceptors (Lipinski definition) is 3. The van der Waals surface area contributed by atoms with E-state index in [0.717, 1.165) is 17.7 Å². The fourth-order valence-electron chi connectivity index (χ4n) is 5.03. The van der Waals surface area contributed by atoms with Crippen LogP contribution in [-0.2, 0) is 17.6 Å². The third kappa shape index (κ3) is 4.83. The van der Waals surface area contributed by atoms with Crippen LogP contribution in [0.25, 0.3) is 22.4 Å². The van der Waals surface area contributed by atoms with Crippen molar-refractivity contribution in [2.24, 2.45) is 0 Å². The summed E-state index contributed by atoms with van der Waals surface area (Å²) >= 11 is 0. The van der Waals surface area contributed by atoms with E-state index in [1.54, 1.807) is 0 Å². The predicted octanol–water partition coefficient (Wildman–Crippen LogP) is 6.78. The topological polar surface area (TPSA) is 51.2 Å². The molecule has 1 aliphatic carbocycles. The Morgan fingerprint density at radius 2 is 1.51 bits per heavy atom. The summed E-state index contributed by atoms with van der Waals surface area (Å²) < 4.78 is 5.68. The quantitative estimate of drug-likeness (QED) is 0.329. The highest BCUT2D eigenvalue weighted by Crippen LogP contribution is 2.44. The average molecular weight is 463 g/mol. The second kappa shape index (κ2) is 10.1. The minimum absolute atomic E-state index is 0.0613. The molecule has 0 radical (unpaired) electrons. The molecule has 0 aliphatic heterocycles. The van der Waals surface area contributed by atoms with Gasteiger partial charge in [0.15, 0.2) is 0 Å². The molecule has 1 aromatic heterocycles. The molecule has 0 bridgehead atoms. The highest BCUT2D eigenvalue weighted by molar-refractivity contribution is 5.79. The number of aromatic nitrogens is 1. The molecular weight excluding hydrogens is 432 g/mol. The molecule has 4 nitrogen and oxygen atoms in total. The molecule has 1 aliphatic rings. The summed E-state index contributed by atoms with van der Waals surface area (Å²) in [6.07, 6.45) is 3.17. The minimum Gasteiger partial charge on any atom is -0.449 e. The highest BCUT2D eigenvalue weighted by atomic mass is 16.5. The Balaban J connectivity index is 1.18. The van der Waals surface area contributed by atoms with Crippen molar-refractivity contribution in [2.75, 3.05) is 6.61 Å². The summed E-state index contributed by atoms with van der Waals surface area (Å²) in [6, 6.07) is 29.2. The monoisotopic (exact) mass is 462 g/mol. The van der Waals surface area contributed by atoms with Gasteiger partial charge in [-0.2, -0.15) is 0 Å². The molecule has 1 N–H and O–H groups in total. The van der Waals surface area contributed by atoms with Crippen LogP contribution in [0.4, 0.5) is 4.79 Å². The molecule has 0 saturated carbocycles. The Bertz CT molecular complexity index is 1280. The van der Waals surface area contributed by atoms with Crippen LogP contribution in [0.5, 0.6) is 0 Å². The van der Waals surface area contributed by atoms with Crippen molar-refractivity contribution in [1.29, 1.82) is 0 Å². The molecule has 1 heterocycles. The third-order valence-electron chi connectivity index (χ3n) is 6.75. The van der Waals surface area contributed by atoms with Gasteiger partial charge < -0.3 is 10.1 Å². The summed E-state index contributed by atoms with van der Waals surface area (Å²) in [7, 11) is 0. The molecular formula is C31H30N2O2. The Labute approximate surface area is 207 Å². The molecule has 0 spiro atoms. The lowest BCUT2D eigenvalue weighted by molar-refractivity contribution is 0.139. The Morgan fingerprint density at radius 1 is 0.886 bits per heavy atom. The smallest absolute Gasteiger partial charge is 0.407 e. The fourth-order valence-corrected chi connectivity index (χ4v) is 5.03. The van der Waals surface area contributed by atoms with Crippen LogP contribution in [0.15, 0.2) is 91.1 Å². The molecule has 3 aromatic carbocycles. The lowest BCUT2D eigenvalue weighted by atomic mass is 9.98. The molecule has 4 heteroatoms. The summed E-state index contributed by atoms with van der Waals surface area (Å²) in [5, 5.41) is 2.98. The zero-order valence-electron chi connectivity index (χ0n) is 20.2. The second-order valence-electron chi connectivity index (χ2n) is 9.14. The van der Waals surface area contributed by atoms with Crippen LogP contribution in [0.1, 0.15) is 42.0 Å². The Morgan fingerprint density at radius 3 is 2.14 bits per heavy atom. The van der Waals surface area contributed by atoms with Crippen molar-refractivity contribution >= 4 is 6.09 Å². The number of benzene rings is 3. The van der Waals surface area contributed by atoms with E-state index >= 15 is 0 Å². The zero-order chi connectivity index (χ0) is 24.2. The van der Waals surface area contributed by atoms with Crippen molar-refractivity contribution in [1.82, 2.24) is 10.3 Å². The number of pyridine rings is 1. The standard InChI is InChI=1S/C31H30N2O2/c1-3-23-10-4-5-11-24(23)30-17-16-22(19-32-30)18-21(2)33-31(34)35-20-29-27-14-8-6-12-25(27)26-13-7-9-15-28(26)29/h4-17,19,21,29H,3,18,20H2,1-2H3,(H,33,34)/t21-/m0/s1. The molecule has 35 heavy (non-hydrogen) atoms. The first kappa shape index (κ1) is 22.9. The van der Waals surface area contributed by atoms with Crippen LogP contribution < -0.4 is 5.32 Å². The number of aryl methyl sites for hydroxylation is 1. The highest BCUT2D eigenvalue weighted by Gasteiger charge is 2.29. The van der Waals surface area contributed by atoms with E-state index in [9.17, 15) is 4.79 Å². The zero-order valence-corrected chi connectivity index (χ0v) is 20.2. The molecule has 5 rings (SSSR count). The minimum atomic E-state index is -0.388. The van der Waals surface area contributed by atoms with Gasteiger partial charge in [0, 0.05) is 23.7 Å². The van der Waals surface area contributed by atoms with E-state index in [1.165, 1.54) is 33.4 Å². The molecule has 0 fully saturated rings. The number of carbonyl (C=O) groups excluding carboxylic acids is 1. The van der Waals surface area contributed by atoms with Gasteiger partial charge >= 0.3 is 6.09 Å². The second-order valence-corrected chi connectivity index (χ2v) is 9.14. The van der Waals surface area contributed by atoms with Gasteiger partial charge in [-0.1, -0.05) is 85.8 Å². The van der Waals surface area contributed by atoms with Crippen LogP contribution in [-0.4, -0.2) is 23.7 Å². The van der Waals surface area contributed by atoms with E-state index in [4.69, 9.17) is 4.74 Å². The van der Waals surface area contributed by atoms with Gasteiger partial charge in [-0.05, 0) is 59.2 Å². The molecule has 176 valence electrons. The average Bonchev–Trinajstić information content (AvgIpc) is 3.21. The number of hydrogen-bond donors (Lipinski definition) is 1.